The molecule has 410 valence electrons. The van der Waals surface area contributed by atoms with Crippen LogP contribution in [0.3, 0.4) is 0 Å². The predicted molar refractivity (Wildman–Crippen MR) is 287 cm³/mol. The first kappa shape index (κ1) is 62.4. The van der Waals surface area contributed by atoms with Crippen molar-refractivity contribution < 1.29 is 71.4 Å². The van der Waals surface area contributed by atoms with Gasteiger partial charge >= 0.3 is 35.8 Å². The molecule has 0 radical (unpaired) electrons. The van der Waals surface area contributed by atoms with Gasteiger partial charge in [0.2, 0.25) is 0 Å². The number of carbonyl (C=O) groups is 6. The topological polar surface area (TPSA) is 185 Å². The maximum atomic E-state index is 12.9. The van der Waals surface area contributed by atoms with Gasteiger partial charge in [0.15, 0.2) is 0 Å². The Balaban J connectivity index is 1.33. The molecule has 0 aliphatic heterocycles. The molecular formula is C60H80O15. The lowest BCUT2D eigenvalue weighted by Crippen LogP contribution is -2.26. The van der Waals surface area contributed by atoms with Crippen molar-refractivity contribution in [3.63, 3.8) is 0 Å². The summed E-state index contributed by atoms with van der Waals surface area (Å²) >= 11 is 0. The molecule has 0 atom stereocenters. The standard InChI is InChI=1S/C60H80O15/c1-7-67-58(64)45(4)48-28-34-51(35-29-48)70-41-22-16-10-13-19-25-54(61)73-44-40-57(74-55(62)26-20-14-11-17-23-42-71-52-36-30-49(31-37-52)46(5)59(65)68-8-2)75-56(63)27-21-15-12-18-24-43-72-53-38-32-50(33-39-53)47(6)60(66)69-9-3/h28-39,57H,4-27,40-44H2,1-3H3. The molecular weight excluding hydrogens is 961 g/mol. The summed E-state index contributed by atoms with van der Waals surface area (Å²) in [5.74, 6) is -0.607. The number of esters is 6. The molecule has 0 aromatic heterocycles. The third-order valence-corrected chi connectivity index (χ3v) is 11.7. The van der Waals surface area contributed by atoms with Crippen LogP contribution in [0.4, 0.5) is 0 Å². The van der Waals surface area contributed by atoms with Crippen molar-refractivity contribution in [3.05, 3.63) is 109 Å². The van der Waals surface area contributed by atoms with Crippen molar-refractivity contribution in [2.75, 3.05) is 46.2 Å². The van der Waals surface area contributed by atoms with Gasteiger partial charge in [0.1, 0.15) is 17.2 Å². The molecule has 3 aromatic carbocycles. The number of carbonyl (C=O) groups excluding carboxylic acids is 6. The summed E-state index contributed by atoms with van der Waals surface area (Å²) in [6.07, 6.45) is 11.7. The number of unbranched alkanes of at least 4 members (excludes halogenated alkanes) is 12. The zero-order valence-electron chi connectivity index (χ0n) is 44.6. The van der Waals surface area contributed by atoms with Gasteiger partial charge in [0, 0.05) is 19.3 Å². The van der Waals surface area contributed by atoms with Crippen LogP contribution in [0.1, 0.15) is 159 Å². The summed E-state index contributed by atoms with van der Waals surface area (Å²) < 4.78 is 49.2. The molecule has 0 heterocycles. The monoisotopic (exact) mass is 1040 g/mol. The first-order valence-corrected chi connectivity index (χ1v) is 26.7. The van der Waals surface area contributed by atoms with E-state index in [2.05, 4.69) is 19.7 Å². The number of benzene rings is 3. The number of hydrogen-bond acceptors (Lipinski definition) is 15. The molecule has 0 amide bonds. The highest BCUT2D eigenvalue weighted by atomic mass is 16.7. The van der Waals surface area contributed by atoms with Crippen LogP contribution in [0.2, 0.25) is 0 Å². The zero-order valence-corrected chi connectivity index (χ0v) is 44.6. The maximum absolute atomic E-state index is 12.9. The van der Waals surface area contributed by atoms with E-state index in [0.29, 0.717) is 89.7 Å². The Morgan fingerprint density at radius 3 is 0.947 bits per heavy atom. The van der Waals surface area contributed by atoms with Gasteiger partial charge in [-0.2, -0.15) is 0 Å². The van der Waals surface area contributed by atoms with Gasteiger partial charge in [-0.3, -0.25) is 14.4 Å². The quantitative estimate of drug-likeness (QED) is 0.0172. The van der Waals surface area contributed by atoms with Gasteiger partial charge in [-0.05, 0) is 112 Å². The number of rotatable bonds is 41. The molecule has 0 spiro atoms. The summed E-state index contributed by atoms with van der Waals surface area (Å²) in [5.41, 5.74) is 2.92. The first-order chi connectivity index (χ1) is 36.3. The summed E-state index contributed by atoms with van der Waals surface area (Å²) in [6, 6.07) is 21.4. The highest BCUT2D eigenvalue weighted by molar-refractivity contribution is 6.16. The molecule has 0 saturated carbocycles. The van der Waals surface area contributed by atoms with Gasteiger partial charge < -0.3 is 42.6 Å². The van der Waals surface area contributed by atoms with Crippen molar-refractivity contribution in [1.82, 2.24) is 0 Å². The molecule has 0 aliphatic carbocycles. The van der Waals surface area contributed by atoms with Gasteiger partial charge in [-0.1, -0.05) is 114 Å². The summed E-state index contributed by atoms with van der Waals surface area (Å²) in [6.45, 7) is 19.0. The molecule has 15 heteroatoms. The van der Waals surface area contributed by atoms with Crippen LogP contribution in [0.15, 0.2) is 92.5 Å². The Labute approximate surface area is 444 Å². The van der Waals surface area contributed by atoms with Gasteiger partial charge in [0.05, 0.1) is 69.4 Å². The average molecular weight is 1040 g/mol. The molecule has 0 bridgehead atoms. The van der Waals surface area contributed by atoms with Crippen LogP contribution in [0.25, 0.3) is 16.7 Å². The minimum atomic E-state index is -1.18. The highest BCUT2D eigenvalue weighted by Gasteiger charge is 2.20. The summed E-state index contributed by atoms with van der Waals surface area (Å²) in [7, 11) is 0. The van der Waals surface area contributed by atoms with Gasteiger partial charge in [-0.25, -0.2) is 14.4 Å². The van der Waals surface area contributed by atoms with E-state index in [-0.39, 0.29) is 58.1 Å². The Kier molecular flexibility index (Phi) is 31.4. The second-order valence-corrected chi connectivity index (χ2v) is 17.7. The largest absolute Gasteiger partial charge is 0.494 e. The molecule has 75 heavy (non-hydrogen) atoms. The van der Waals surface area contributed by atoms with Gasteiger partial charge in [0.25, 0.3) is 6.29 Å². The normalized spacial score (nSPS) is 10.7. The second-order valence-electron chi connectivity index (χ2n) is 17.7. The Hall–Kier alpha value is -6.90. The van der Waals surface area contributed by atoms with E-state index in [1.807, 2.05) is 0 Å². The SMILES string of the molecule is C=C(C(=O)OCC)c1ccc(OCCCCCCCC(=O)OCCC(OC(=O)CCCCCCCOc2ccc(C(=C)C(=O)OCC)cc2)OC(=O)CCCCCCCOc2ccc(C(=C)C(=O)OCC)cc2)cc1. The highest BCUT2D eigenvalue weighted by Crippen LogP contribution is 2.23. The Morgan fingerprint density at radius 1 is 0.360 bits per heavy atom. The van der Waals surface area contributed by atoms with Crippen molar-refractivity contribution >= 4 is 52.5 Å². The van der Waals surface area contributed by atoms with Crippen LogP contribution in [-0.2, 0) is 57.2 Å². The molecule has 0 saturated heterocycles. The number of hydrogen-bond donors (Lipinski definition) is 0. The third kappa shape index (κ3) is 26.8. The lowest BCUT2D eigenvalue weighted by Gasteiger charge is -2.18. The van der Waals surface area contributed by atoms with Gasteiger partial charge in [-0.15, -0.1) is 0 Å². The maximum Gasteiger partial charge on any atom is 0.338 e. The molecule has 0 unspecified atom stereocenters. The van der Waals surface area contributed by atoms with E-state index in [4.69, 9.17) is 42.6 Å². The average Bonchev–Trinajstić information content (AvgIpc) is 3.40. The summed E-state index contributed by atoms with van der Waals surface area (Å²) in [4.78, 5) is 74.2. The lowest BCUT2D eigenvalue weighted by molar-refractivity contribution is -0.191. The van der Waals surface area contributed by atoms with E-state index >= 15 is 0 Å². The first-order valence-electron chi connectivity index (χ1n) is 26.7. The van der Waals surface area contributed by atoms with Crippen LogP contribution in [0, 0.1) is 0 Å². The number of ether oxygens (including phenoxy) is 9. The minimum absolute atomic E-state index is 0.0256. The van der Waals surface area contributed by atoms with E-state index in [0.717, 1.165) is 77.0 Å². The van der Waals surface area contributed by atoms with Crippen LogP contribution in [0.5, 0.6) is 17.2 Å². The van der Waals surface area contributed by atoms with Crippen LogP contribution >= 0.6 is 0 Å². The molecule has 0 aliphatic rings. The van der Waals surface area contributed by atoms with Crippen molar-refractivity contribution in [3.8, 4) is 17.2 Å². The Morgan fingerprint density at radius 2 is 0.640 bits per heavy atom. The smallest absolute Gasteiger partial charge is 0.338 e. The molecule has 3 aromatic rings. The lowest BCUT2D eigenvalue weighted by atomic mass is 10.1. The fraction of sp³-hybridized carbons (Fsp3) is 0.500. The van der Waals surface area contributed by atoms with E-state index in [1.54, 1.807) is 93.6 Å². The van der Waals surface area contributed by atoms with Crippen LogP contribution < -0.4 is 14.2 Å². The fourth-order valence-electron chi connectivity index (χ4n) is 7.43. The van der Waals surface area contributed by atoms with E-state index < -0.39 is 36.1 Å². The summed E-state index contributed by atoms with van der Waals surface area (Å²) in [5, 5.41) is 0. The zero-order chi connectivity index (χ0) is 54.5. The van der Waals surface area contributed by atoms with Crippen molar-refractivity contribution in [2.45, 2.75) is 149 Å². The Bertz CT molecular complexity index is 2110. The van der Waals surface area contributed by atoms with E-state index in [1.165, 1.54) is 0 Å². The molecule has 0 N–H and O–H groups in total. The van der Waals surface area contributed by atoms with E-state index in [9.17, 15) is 28.8 Å². The molecule has 3 rings (SSSR count). The predicted octanol–water partition coefficient (Wildman–Crippen LogP) is 12.3. The molecule has 0 fully saturated rings. The van der Waals surface area contributed by atoms with Crippen molar-refractivity contribution in [2.24, 2.45) is 0 Å². The van der Waals surface area contributed by atoms with Crippen molar-refractivity contribution in [1.29, 1.82) is 0 Å². The minimum Gasteiger partial charge on any atom is -0.494 e. The second kappa shape index (κ2) is 37.8. The third-order valence-electron chi connectivity index (χ3n) is 11.7. The molecule has 15 nitrogen and oxygen atoms in total. The van der Waals surface area contributed by atoms with Crippen LogP contribution in [-0.4, -0.2) is 88.4 Å². The fourth-order valence-corrected chi connectivity index (χ4v) is 7.43.